The van der Waals surface area contributed by atoms with Gasteiger partial charge in [0, 0.05) is 31.4 Å². The molecule has 1 aliphatic heterocycles. The van der Waals surface area contributed by atoms with Crippen molar-refractivity contribution in [2.45, 2.75) is 31.4 Å². The molecule has 3 rings (SSSR count). The summed E-state index contributed by atoms with van der Waals surface area (Å²) >= 11 is 0. The molecule has 1 aromatic rings. The third-order valence-corrected chi connectivity index (χ3v) is 4.36. The molecule has 6 nitrogen and oxygen atoms in total. The Morgan fingerprint density at radius 3 is 3.00 bits per heavy atom. The van der Waals surface area contributed by atoms with Gasteiger partial charge in [-0.1, -0.05) is 6.42 Å². The van der Waals surface area contributed by atoms with E-state index < -0.39 is 0 Å². The van der Waals surface area contributed by atoms with Crippen LogP contribution in [-0.4, -0.2) is 46.3 Å². The van der Waals surface area contributed by atoms with E-state index in [-0.39, 0.29) is 24.0 Å². The molecular formula is C14H22N4O2. The number of aryl methyl sites for hydroxylation is 1. The maximum absolute atomic E-state index is 12.6. The molecule has 2 aliphatic rings. The van der Waals surface area contributed by atoms with Crippen molar-refractivity contribution in [3.63, 3.8) is 0 Å². The summed E-state index contributed by atoms with van der Waals surface area (Å²) in [6.45, 7) is 1.85. The lowest BCUT2D eigenvalue weighted by Crippen LogP contribution is -2.47. The fourth-order valence-electron chi connectivity index (χ4n) is 3.19. The van der Waals surface area contributed by atoms with Gasteiger partial charge in [0.05, 0.1) is 25.3 Å². The van der Waals surface area contributed by atoms with Crippen LogP contribution in [0.3, 0.4) is 0 Å². The summed E-state index contributed by atoms with van der Waals surface area (Å²) in [5, 5.41) is 4.16. The Hall–Kier alpha value is -1.40. The van der Waals surface area contributed by atoms with Crippen molar-refractivity contribution in [3.8, 4) is 0 Å². The molecule has 0 spiro atoms. The quantitative estimate of drug-likeness (QED) is 0.852. The molecule has 2 N–H and O–H groups in total. The van der Waals surface area contributed by atoms with Gasteiger partial charge < -0.3 is 15.4 Å². The summed E-state index contributed by atoms with van der Waals surface area (Å²) in [5.41, 5.74) is 7.07. The summed E-state index contributed by atoms with van der Waals surface area (Å²) in [7, 11) is 1.88. The van der Waals surface area contributed by atoms with E-state index in [2.05, 4.69) is 5.10 Å². The van der Waals surface area contributed by atoms with E-state index >= 15 is 0 Å². The first-order valence-electron chi connectivity index (χ1n) is 7.29. The van der Waals surface area contributed by atoms with Crippen molar-refractivity contribution in [2.24, 2.45) is 18.7 Å². The van der Waals surface area contributed by atoms with Gasteiger partial charge in [0.1, 0.15) is 6.10 Å². The van der Waals surface area contributed by atoms with Crippen LogP contribution in [-0.2, 0) is 16.6 Å². The van der Waals surface area contributed by atoms with Crippen LogP contribution in [0.15, 0.2) is 12.4 Å². The number of carbonyl (C=O) groups excluding carboxylic acids is 1. The Morgan fingerprint density at radius 1 is 1.50 bits per heavy atom. The van der Waals surface area contributed by atoms with E-state index in [9.17, 15) is 4.79 Å². The summed E-state index contributed by atoms with van der Waals surface area (Å²) < 4.78 is 7.53. The highest BCUT2D eigenvalue weighted by atomic mass is 16.5. The van der Waals surface area contributed by atoms with Crippen molar-refractivity contribution >= 4 is 5.91 Å². The number of hydrogen-bond acceptors (Lipinski definition) is 4. The molecule has 110 valence electrons. The molecular weight excluding hydrogens is 256 g/mol. The highest BCUT2D eigenvalue weighted by Gasteiger charge is 2.35. The average molecular weight is 278 g/mol. The summed E-state index contributed by atoms with van der Waals surface area (Å²) in [5.74, 6) is 0.204. The van der Waals surface area contributed by atoms with Crippen LogP contribution < -0.4 is 5.73 Å². The number of hydrogen-bond donors (Lipinski definition) is 1. The molecule has 0 aromatic carbocycles. The maximum Gasteiger partial charge on any atom is 0.227 e. The van der Waals surface area contributed by atoms with Gasteiger partial charge in [0.15, 0.2) is 0 Å². The minimum absolute atomic E-state index is 0.00245. The lowest BCUT2D eigenvalue weighted by Gasteiger charge is -2.34. The average Bonchev–Trinajstić information content (AvgIpc) is 3.07. The zero-order chi connectivity index (χ0) is 14.1. The van der Waals surface area contributed by atoms with Gasteiger partial charge >= 0.3 is 0 Å². The SMILES string of the molecule is Cn1cc([C@@H]2CN(C(=O)[C@@H]3CCC[C@H]3N)CCO2)cn1. The van der Waals surface area contributed by atoms with Gasteiger partial charge in [-0.25, -0.2) is 0 Å². The van der Waals surface area contributed by atoms with Crippen molar-refractivity contribution in [3.05, 3.63) is 18.0 Å². The molecule has 3 atom stereocenters. The lowest BCUT2D eigenvalue weighted by molar-refractivity contribution is -0.143. The highest BCUT2D eigenvalue weighted by Crippen LogP contribution is 2.28. The number of nitrogens with zero attached hydrogens (tertiary/aromatic N) is 3. The molecule has 1 saturated carbocycles. The Labute approximate surface area is 118 Å². The first-order chi connectivity index (χ1) is 9.65. The number of aromatic nitrogens is 2. The minimum Gasteiger partial charge on any atom is -0.370 e. The van der Waals surface area contributed by atoms with Crippen LogP contribution in [0.5, 0.6) is 0 Å². The van der Waals surface area contributed by atoms with Gasteiger partial charge in [-0.3, -0.25) is 9.48 Å². The van der Waals surface area contributed by atoms with E-state index in [1.807, 2.05) is 18.1 Å². The molecule has 0 bridgehead atoms. The van der Waals surface area contributed by atoms with Crippen molar-refractivity contribution in [1.82, 2.24) is 14.7 Å². The summed E-state index contributed by atoms with van der Waals surface area (Å²) in [6, 6.07) is 0.0298. The molecule has 0 unspecified atom stereocenters. The molecule has 1 aliphatic carbocycles. The third kappa shape index (κ3) is 2.58. The molecule has 2 heterocycles. The van der Waals surface area contributed by atoms with E-state index in [4.69, 9.17) is 10.5 Å². The predicted molar refractivity (Wildman–Crippen MR) is 73.8 cm³/mol. The van der Waals surface area contributed by atoms with Crippen LogP contribution >= 0.6 is 0 Å². The largest absolute Gasteiger partial charge is 0.370 e. The van der Waals surface area contributed by atoms with Crippen LogP contribution in [0.4, 0.5) is 0 Å². The number of morpholine rings is 1. The lowest BCUT2D eigenvalue weighted by atomic mass is 10.0. The standard InChI is InChI=1S/C14H22N4O2/c1-17-8-10(7-16-17)13-9-18(5-6-20-13)14(19)11-3-2-4-12(11)15/h7-8,11-13H,2-6,9,15H2,1H3/t11-,12-,13+/m1/s1. The van der Waals surface area contributed by atoms with E-state index in [1.165, 1.54) is 0 Å². The smallest absolute Gasteiger partial charge is 0.227 e. The number of rotatable bonds is 2. The van der Waals surface area contributed by atoms with Crippen LogP contribution in [0.1, 0.15) is 30.9 Å². The number of nitrogens with two attached hydrogens (primary N) is 1. The Kier molecular flexibility index (Phi) is 3.76. The van der Waals surface area contributed by atoms with E-state index in [0.717, 1.165) is 24.8 Å². The fraction of sp³-hybridized carbons (Fsp3) is 0.714. The zero-order valence-corrected chi connectivity index (χ0v) is 11.9. The second kappa shape index (κ2) is 5.54. The Bertz CT molecular complexity index is 487. The van der Waals surface area contributed by atoms with Crippen molar-refractivity contribution in [2.75, 3.05) is 19.7 Å². The van der Waals surface area contributed by atoms with Gasteiger partial charge in [-0.2, -0.15) is 5.10 Å². The molecule has 6 heteroatoms. The minimum atomic E-state index is -0.0703. The van der Waals surface area contributed by atoms with E-state index in [0.29, 0.717) is 19.7 Å². The van der Waals surface area contributed by atoms with E-state index in [1.54, 1.807) is 10.9 Å². The predicted octanol–water partition coefficient (Wildman–Crippen LogP) is 0.447. The third-order valence-electron chi connectivity index (χ3n) is 4.36. The fourth-order valence-corrected chi connectivity index (χ4v) is 3.19. The molecule has 1 saturated heterocycles. The zero-order valence-electron chi connectivity index (χ0n) is 11.9. The van der Waals surface area contributed by atoms with Gasteiger partial charge in [0.25, 0.3) is 0 Å². The van der Waals surface area contributed by atoms with Crippen molar-refractivity contribution < 1.29 is 9.53 Å². The maximum atomic E-state index is 12.6. The van der Waals surface area contributed by atoms with Crippen LogP contribution in [0, 0.1) is 5.92 Å². The van der Waals surface area contributed by atoms with Gasteiger partial charge in [-0.05, 0) is 12.8 Å². The van der Waals surface area contributed by atoms with Gasteiger partial charge in [-0.15, -0.1) is 0 Å². The number of amides is 1. The summed E-state index contributed by atoms with van der Waals surface area (Å²) in [4.78, 5) is 14.5. The topological polar surface area (TPSA) is 73.4 Å². The number of carbonyl (C=O) groups is 1. The Morgan fingerprint density at radius 2 is 2.35 bits per heavy atom. The molecule has 0 radical (unpaired) electrons. The Balaban J connectivity index is 1.67. The second-order valence-corrected chi connectivity index (χ2v) is 5.79. The van der Waals surface area contributed by atoms with Crippen LogP contribution in [0.25, 0.3) is 0 Å². The monoisotopic (exact) mass is 278 g/mol. The van der Waals surface area contributed by atoms with Gasteiger partial charge in [0.2, 0.25) is 5.91 Å². The summed E-state index contributed by atoms with van der Waals surface area (Å²) in [6.07, 6.45) is 6.63. The van der Waals surface area contributed by atoms with Crippen molar-refractivity contribution in [1.29, 1.82) is 0 Å². The highest BCUT2D eigenvalue weighted by molar-refractivity contribution is 5.80. The molecule has 20 heavy (non-hydrogen) atoms. The molecule has 1 aromatic heterocycles. The molecule has 1 amide bonds. The first-order valence-corrected chi connectivity index (χ1v) is 7.29. The first kappa shape index (κ1) is 13.6. The normalized spacial score (nSPS) is 30.7. The van der Waals surface area contributed by atoms with Crippen LogP contribution in [0.2, 0.25) is 0 Å². The number of ether oxygens (including phenoxy) is 1. The molecule has 2 fully saturated rings. The second-order valence-electron chi connectivity index (χ2n) is 5.79.